The predicted molar refractivity (Wildman–Crippen MR) is 93.2 cm³/mol. The zero-order chi connectivity index (χ0) is 16.9. The van der Waals surface area contributed by atoms with E-state index in [0.717, 1.165) is 24.3 Å². The molecule has 0 aliphatic carbocycles. The molecule has 1 aliphatic rings. The molecule has 1 aliphatic heterocycles. The Hall–Kier alpha value is -2.56. The van der Waals surface area contributed by atoms with Crippen molar-refractivity contribution >= 4 is 17.3 Å². The minimum absolute atomic E-state index is 0.0775. The van der Waals surface area contributed by atoms with Crippen molar-refractivity contribution in [1.29, 1.82) is 0 Å². The van der Waals surface area contributed by atoms with Crippen LogP contribution in [0.15, 0.2) is 42.5 Å². The number of para-hydroxylation sites is 1. The monoisotopic (exact) mass is 328 g/mol. The number of anilines is 2. The molecule has 0 atom stereocenters. The second-order valence-electron chi connectivity index (χ2n) is 5.96. The quantitative estimate of drug-likeness (QED) is 0.909. The van der Waals surface area contributed by atoms with Crippen LogP contribution in [0.2, 0.25) is 0 Å². The highest BCUT2D eigenvalue weighted by atomic mass is 19.1. The first-order valence-electron chi connectivity index (χ1n) is 8.16. The third kappa shape index (κ3) is 3.85. The summed E-state index contributed by atoms with van der Waals surface area (Å²) in [6.45, 7) is 3.91. The van der Waals surface area contributed by atoms with Gasteiger partial charge in [-0.15, -0.1) is 0 Å². The van der Waals surface area contributed by atoms with Gasteiger partial charge >= 0.3 is 0 Å². The second kappa shape index (κ2) is 7.34. The molecule has 2 aromatic carbocycles. The summed E-state index contributed by atoms with van der Waals surface area (Å²) in [5, 5.41) is 2.81. The lowest BCUT2D eigenvalue weighted by Crippen LogP contribution is -2.21. The number of nitrogens with one attached hydrogen (secondary N) is 1. The highest BCUT2D eigenvalue weighted by Gasteiger charge is 2.14. The van der Waals surface area contributed by atoms with Gasteiger partial charge in [-0.3, -0.25) is 4.79 Å². The number of carbonyl (C=O) groups is 1. The van der Waals surface area contributed by atoms with Crippen LogP contribution in [0.4, 0.5) is 15.8 Å². The van der Waals surface area contributed by atoms with Crippen LogP contribution in [0.25, 0.3) is 0 Å². The number of benzene rings is 2. The third-order valence-electron chi connectivity index (χ3n) is 4.15. The normalized spacial score (nSPS) is 13.8. The zero-order valence-electron chi connectivity index (χ0n) is 13.7. The number of ether oxygens (including phenoxy) is 1. The molecular weight excluding hydrogens is 307 g/mol. The van der Waals surface area contributed by atoms with E-state index in [-0.39, 0.29) is 18.3 Å². The number of halogens is 1. The third-order valence-corrected chi connectivity index (χ3v) is 4.15. The Kier molecular flexibility index (Phi) is 4.99. The molecule has 1 fully saturated rings. The Bertz CT molecular complexity index is 727. The molecular formula is C19H21FN2O2. The van der Waals surface area contributed by atoms with Gasteiger partial charge in [-0.2, -0.15) is 0 Å². The number of hydrogen-bond acceptors (Lipinski definition) is 3. The fraction of sp³-hybridized carbons (Fsp3) is 0.316. The van der Waals surface area contributed by atoms with E-state index < -0.39 is 5.82 Å². The minimum atomic E-state index is -0.476. The van der Waals surface area contributed by atoms with Gasteiger partial charge in [-0.1, -0.05) is 12.1 Å². The zero-order valence-corrected chi connectivity index (χ0v) is 13.7. The number of aryl methyl sites for hydroxylation is 1. The smallest absolute Gasteiger partial charge is 0.262 e. The lowest BCUT2D eigenvalue weighted by atomic mass is 10.1. The van der Waals surface area contributed by atoms with Crippen molar-refractivity contribution in [1.82, 2.24) is 0 Å². The van der Waals surface area contributed by atoms with Crippen LogP contribution >= 0.6 is 0 Å². The number of nitrogens with zero attached hydrogens (tertiary/aromatic N) is 1. The lowest BCUT2D eigenvalue weighted by molar-refractivity contribution is -0.118. The summed E-state index contributed by atoms with van der Waals surface area (Å²) in [6, 6.07) is 12.0. The maximum Gasteiger partial charge on any atom is 0.262 e. The summed E-state index contributed by atoms with van der Waals surface area (Å²) >= 11 is 0. The molecule has 126 valence electrons. The van der Waals surface area contributed by atoms with Crippen LogP contribution < -0.4 is 15.0 Å². The molecule has 1 saturated heterocycles. The molecule has 0 aromatic heterocycles. The van der Waals surface area contributed by atoms with E-state index in [4.69, 9.17) is 4.74 Å². The van der Waals surface area contributed by atoms with Gasteiger partial charge in [0.05, 0.1) is 0 Å². The van der Waals surface area contributed by atoms with E-state index in [9.17, 15) is 9.18 Å². The van der Waals surface area contributed by atoms with Gasteiger partial charge in [0.2, 0.25) is 0 Å². The Morgan fingerprint density at radius 2 is 1.96 bits per heavy atom. The number of rotatable bonds is 5. The minimum Gasteiger partial charge on any atom is -0.481 e. The topological polar surface area (TPSA) is 41.6 Å². The summed E-state index contributed by atoms with van der Waals surface area (Å²) in [5.41, 5.74) is 2.93. The molecule has 1 N–H and O–H groups in total. The summed E-state index contributed by atoms with van der Waals surface area (Å²) < 4.78 is 18.7. The molecule has 0 saturated carbocycles. The molecule has 3 rings (SSSR count). The average Bonchev–Trinajstić information content (AvgIpc) is 3.10. The molecule has 0 bridgehead atoms. The Morgan fingerprint density at radius 3 is 2.67 bits per heavy atom. The van der Waals surface area contributed by atoms with Crippen molar-refractivity contribution in [3.63, 3.8) is 0 Å². The van der Waals surface area contributed by atoms with Crippen LogP contribution in [0.3, 0.4) is 0 Å². The molecule has 24 heavy (non-hydrogen) atoms. The summed E-state index contributed by atoms with van der Waals surface area (Å²) in [4.78, 5) is 14.4. The Morgan fingerprint density at radius 1 is 1.21 bits per heavy atom. The SMILES string of the molecule is Cc1cc(N2CCCC2)ccc1NC(=O)COc1ccccc1F. The molecule has 1 heterocycles. The van der Waals surface area contributed by atoms with Crippen LogP contribution in [0.1, 0.15) is 18.4 Å². The highest BCUT2D eigenvalue weighted by molar-refractivity contribution is 5.92. The largest absolute Gasteiger partial charge is 0.481 e. The summed E-state index contributed by atoms with van der Waals surface area (Å²) in [6.07, 6.45) is 2.45. The van der Waals surface area contributed by atoms with Crippen molar-refractivity contribution in [2.45, 2.75) is 19.8 Å². The van der Waals surface area contributed by atoms with Crippen molar-refractivity contribution in [2.24, 2.45) is 0 Å². The molecule has 0 radical (unpaired) electrons. The van der Waals surface area contributed by atoms with Crippen LogP contribution in [0, 0.1) is 12.7 Å². The average molecular weight is 328 g/mol. The van der Waals surface area contributed by atoms with Crippen molar-refractivity contribution in [3.8, 4) is 5.75 Å². The number of amides is 1. The summed E-state index contributed by atoms with van der Waals surface area (Å²) in [5.74, 6) is -0.708. The van der Waals surface area contributed by atoms with E-state index in [1.165, 1.54) is 30.7 Å². The summed E-state index contributed by atoms with van der Waals surface area (Å²) in [7, 11) is 0. The highest BCUT2D eigenvalue weighted by Crippen LogP contribution is 2.25. The van der Waals surface area contributed by atoms with Gasteiger partial charge in [0, 0.05) is 24.5 Å². The first kappa shape index (κ1) is 16.3. The Balaban J connectivity index is 1.59. The van der Waals surface area contributed by atoms with E-state index in [1.807, 2.05) is 19.1 Å². The predicted octanol–water partition coefficient (Wildman–Crippen LogP) is 3.75. The van der Waals surface area contributed by atoms with Crippen molar-refractivity contribution in [2.75, 3.05) is 29.9 Å². The second-order valence-corrected chi connectivity index (χ2v) is 5.96. The number of hydrogen-bond donors (Lipinski definition) is 1. The lowest BCUT2D eigenvalue weighted by Gasteiger charge is -2.19. The van der Waals surface area contributed by atoms with E-state index >= 15 is 0 Å². The van der Waals surface area contributed by atoms with Crippen LogP contribution in [-0.4, -0.2) is 25.6 Å². The fourth-order valence-corrected chi connectivity index (χ4v) is 2.85. The molecule has 0 spiro atoms. The molecule has 1 amide bonds. The maximum atomic E-state index is 13.5. The maximum absolute atomic E-state index is 13.5. The van der Waals surface area contributed by atoms with E-state index in [2.05, 4.69) is 16.3 Å². The standard InChI is InChI=1S/C19H21FN2O2/c1-14-12-15(22-10-4-5-11-22)8-9-17(14)21-19(23)13-24-18-7-3-2-6-16(18)20/h2-3,6-9,12H,4-5,10-11,13H2,1H3,(H,21,23). The molecule has 4 nitrogen and oxygen atoms in total. The molecule has 5 heteroatoms. The Labute approximate surface area is 141 Å². The first-order chi connectivity index (χ1) is 11.6. The van der Waals surface area contributed by atoms with Gasteiger partial charge in [-0.05, 0) is 55.7 Å². The van der Waals surface area contributed by atoms with Crippen molar-refractivity contribution < 1.29 is 13.9 Å². The van der Waals surface area contributed by atoms with Crippen molar-refractivity contribution in [3.05, 3.63) is 53.8 Å². The van der Waals surface area contributed by atoms with Gasteiger partial charge < -0.3 is 15.0 Å². The fourth-order valence-electron chi connectivity index (χ4n) is 2.85. The van der Waals surface area contributed by atoms with Gasteiger partial charge in [0.25, 0.3) is 5.91 Å². The molecule has 0 unspecified atom stereocenters. The van der Waals surface area contributed by atoms with E-state index in [0.29, 0.717) is 0 Å². The van der Waals surface area contributed by atoms with Gasteiger partial charge in [-0.25, -0.2) is 4.39 Å². The van der Waals surface area contributed by atoms with Crippen LogP contribution in [0.5, 0.6) is 5.75 Å². The molecule has 2 aromatic rings. The van der Waals surface area contributed by atoms with E-state index in [1.54, 1.807) is 12.1 Å². The van der Waals surface area contributed by atoms with Crippen LogP contribution in [-0.2, 0) is 4.79 Å². The van der Waals surface area contributed by atoms with Gasteiger partial charge in [0.15, 0.2) is 18.2 Å². The first-order valence-corrected chi connectivity index (χ1v) is 8.16. The number of carbonyl (C=O) groups excluding carboxylic acids is 1. The van der Waals surface area contributed by atoms with Gasteiger partial charge in [0.1, 0.15) is 0 Å².